The lowest BCUT2D eigenvalue weighted by Gasteiger charge is -2.33. The van der Waals surface area contributed by atoms with Crippen molar-refractivity contribution in [2.75, 3.05) is 13.1 Å². The molecule has 3 aromatic rings. The van der Waals surface area contributed by atoms with Gasteiger partial charge in [-0.2, -0.15) is 5.10 Å². The number of imide groups is 1. The first kappa shape index (κ1) is 32.9. The molecule has 6 rings (SSSR count). The second-order valence-corrected chi connectivity index (χ2v) is 13.9. The van der Waals surface area contributed by atoms with E-state index in [4.69, 9.17) is 9.72 Å². The van der Waals surface area contributed by atoms with E-state index in [1.807, 2.05) is 0 Å². The molecular formula is C33H38F4N6O4. The van der Waals surface area contributed by atoms with Crippen LogP contribution in [0.15, 0.2) is 42.7 Å². The Bertz CT molecular complexity index is 1640. The Morgan fingerprint density at radius 2 is 1.64 bits per heavy atom. The molecule has 3 amide bonds. The van der Waals surface area contributed by atoms with Gasteiger partial charge in [-0.3, -0.25) is 14.5 Å². The third kappa shape index (κ3) is 7.42. The number of carbonyl (C=O) groups excluding carboxylic acids is 3. The second-order valence-electron chi connectivity index (χ2n) is 13.9. The highest BCUT2D eigenvalue weighted by Crippen LogP contribution is 2.43. The van der Waals surface area contributed by atoms with Gasteiger partial charge >= 0.3 is 6.09 Å². The van der Waals surface area contributed by atoms with E-state index in [-0.39, 0.29) is 48.6 Å². The summed E-state index contributed by atoms with van der Waals surface area (Å²) in [5, 5.41) is 10.2. The summed E-state index contributed by atoms with van der Waals surface area (Å²) >= 11 is 0. The van der Waals surface area contributed by atoms with Crippen molar-refractivity contribution in [3.05, 3.63) is 65.1 Å². The van der Waals surface area contributed by atoms with Crippen molar-refractivity contribution >= 4 is 23.6 Å². The molecule has 2 fully saturated rings. The van der Waals surface area contributed by atoms with E-state index in [1.54, 1.807) is 51.4 Å². The first-order valence-corrected chi connectivity index (χ1v) is 15.9. The minimum absolute atomic E-state index is 0.0780. The summed E-state index contributed by atoms with van der Waals surface area (Å²) in [7, 11) is 0. The number of benzene rings is 1. The maximum Gasteiger partial charge on any atom is 0.408 e. The van der Waals surface area contributed by atoms with E-state index in [0.29, 0.717) is 21.8 Å². The van der Waals surface area contributed by atoms with Gasteiger partial charge in [0.2, 0.25) is 5.92 Å². The van der Waals surface area contributed by atoms with Crippen LogP contribution in [0.1, 0.15) is 103 Å². The van der Waals surface area contributed by atoms with E-state index in [2.05, 4.69) is 15.7 Å². The van der Waals surface area contributed by atoms with Gasteiger partial charge in [0.25, 0.3) is 17.7 Å². The molecule has 14 heteroatoms. The molecule has 0 spiro atoms. The number of halogens is 4. The molecule has 1 aliphatic heterocycles. The molecule has 2 aliphatic carbocycles. The number of alkyl carbamates (subject to hydrolysis) is 1. The lowest BCUT2D eigenvalue weighted by Crippen LogP contribution is -2.46. The van der Waals surface area contributed by atoms with Crippen LogP contribution in [0.3, 0.4) is 0 Å². The number of hydrogen-bond donors (Lipinski definition) is 2. The third-order valence-electron chi connectivity index (χ3n) is 8.88. The molecule has 0 bridgehead atoms. The Kier molecular flexibility index (Phi) is 8.52. The lowest BCUT2D eigenvalue weighted by molar-refractivity contribution is -0.0500. The van der Waals surface area contributed by atoms with Gasteiger partial charge in [0.15, 0.2) is 5.65 Å². The van der Waals surface area contributed by atoms with Crippen molar-refractivity contribution in [2.24, 2.45) is 11.8 Å². The molecule has 3 heterocycles. The van der Waals surface area contributed by atoms with E-state index >= 15 is 8.78 Å². The number of imidazole rings is 1. The zero-order valence-corrected chi connectivity index (χ0v) is 26.4. The smallest absolute Gasteiger partial charge is 0.408 e. The van der Waals surface area contributed by atoms with Gasteiger partial charge in [0.1, 0.15) is 5.60 Å². The minimum Gasteiger partial charge on any atom is -0.444 e. The molecule has 0 saturated heterocycles. The van der Waals surface area contributed by atoms with Gasteiger partial charge in [0.05, 0.1) is 48.3 Å². The first-order chi connectivity index (χ1) is 22.1. The van der Waals surface area contributed by atoms with Crippen molar-refractivity contribution in [1.82, 2.24) is 30.1 Å². The summed E-state index contributed by atoms with van der Waals surface area (Å²) in [6.07, 6.45) is 3.91. The third-order valence-corrected chi connectivity index (χ3v) is 8.88. The molecule has 252 valence electrons. The van der Waals surface area contributed by atoms with Gasteiger partial charge in [-0.05, 0) is 82.1 Å². The largest absolute Gasteiger partial charge is 0.444 e. The highest BCUT2D eigenvalue weighted by atomic mass is 19.3. The number of ether oxygens (including phenoxy) is 1. The van der Waals surface area contributed by atoms with Crippen LogP contribution >= 0.6 is 0 Å². The molecule has 0 unspecified atom stereocenters. The predicted octanol–water partition coefficient (Wildman–Crippen LogP) is 6.09. The summed E-state index contributed by atoms with van der Waals surface area (Å²) in [4.78, 5) is 43.4. The summed E-state index contributed by atoms with van der Waals surface area (Å²) in [5.41, 5.74) is 0.915. The van der Waals surface area contributed by atoms with Crippen LogP contribution in [0.2, 0.25) is 0 Å². The summed E-state index contributed by atoms with van der Waals surface area (Å²) in [5.74, 6) is -7.87. The van der Waals surface area contributed by atoms with Crippen LogP contribution in [0, 0.1) is 11.8 Å². The lowest BCUT2D eigenvalue weighted by atomic mass is 9.81. The Balaban J connectivity index is 1.18. The number of nitrogens with zero attached hydrogens (tertiary/aromatic N) is 4. The predicted molar refractivity (Wildman–Crippen MR) is 162 cm³/mol. The maximum atomic E-state index is 15.3. The maximum absolute atomic E-state index is 15.3. The quantitative estimate of drug-likeness (QED) is 0.200. The van der Waals surface area contributed by atoms with E-state index < -0.39 is 60.5 Å². The molecule has 1 aromatic carbocycles. The van der Waals surface area contributed by atoms with Crippen molar-refractivity contribution in [2.45, 2.75) is 88.8 Å². The van der Waals surface area contributed by atoms with Crippen LogP contribution in [0.5, 0.6) is 0 Å². The van der Waals surface area contributed by atoms with Crippen LogP contribution in [0.4, 0.5) is 22.4 Å². The fraction of sp³-hybridized carbons (Fsp3) is 0.545. The highest BCUT2D eigenvalue weighted by Gasteiger charge is 2.44. The highest BCUT2D eigenvalue weighted by molar-refractivity contribution is 6.21. The average Bonchev–Trinajstić information content (AvgIpc) is 3.70. The topological polar surface area (TPSA) is 118 Å². The first-order valence-electron chi connectivity index (χ1n) is 15.9. The molecule has 2 saturated carbocycles. The molecule has 10 nitrogen and oxygen atoms in total. The standard InChI is InChI=1S/C33H38F4N6O4/c1-31(2,3)47-30(46)41-27(20-10-12-32(34,35)13-11-20)24-16-43-25(40-24)14-21(15-39-43)26(19-8-9-19)38-17-33(36,37)18-42-28(44)22-6-4-5-7-23(22)29(42)45/h4-7,14-16,19-20,26-27,38H,8-13,17-18H2,1-3H3,(H,41,46)/t26-,27+/m1/s1. The van der Waals surface area contributed by atoms with Crippen molar-refractivity contribution in [3.63, 3.8) is 0 Å². The monoisotopic (exact) mass is 658 g/mol. The van der Waals surface area contributed by atoms with Crippen LogP contribution in [-0.2, 0) is 4.74 Å². The zero-order valence-electron chi connectivity index (χ0n) is 26.4. The van der Waals surface area contributed by atoms with Crippen molar-refractivity contribution in [3.8, 4) is 0 Å². The van der Waals surface area contributed by atoms with Gasteiger partial charge in [-0.15, -0.1) is 0 Å². The van der Waals surface area contributed by atoms with E-state index in [9.17, 15) is 23.2 Å². The Morgan fingerprint density at radius 1 is 1.02 bits per heavy atom. The van der Waals surface area contributed by atoms with Crippen LogP contribution in [0.25, 0.3) is 5.65 Å². The number of hydrogen-bond acceptors (Lipinski definition) is 7. The molecular weight excluding hydrogens is 620 g/mol. The number of fused-ring (bicyclic) bond motifs is 2. The summed E-state index contributed by atoms with van der Waals surface area (Å²) in [6, 6.07) is 6.59. The van der Waals surface area contributed by atoms with Crippen LogP contribution < -0.4 is 10.6 Å². The SMILES string of the molecule is CC(C)(C)OC(=O)N[C@H](c1cn2ncc([C@H](NCC(F)(F)CN3C(=O)c4ccccc4C3=O)C3CC3)cc2n1)C1CCC(F)(F)CC1. The fourth-order valence-corrected chi connectivity index (χ4v) is 6.41. The normalized spacial score (nSPS) is 19.9. The number of rotatable bonds is 10. The minimum atomic E-state index is -3.41. The van der Waals surface area contributed by atoms with Crippen molar-refractivity contribution in [1.29, 1.82) is 0 Å². The Morgan fingerprint density at radius 3 is 2.23 bits per heavy atom. The number of aromatic nitrogens is 3. The van der Waals surface area contributed by atoms with E-state index in [0.717, 1.165) is 12.8 Å². The molecule has 2 N–H and O–H groups in total. The number of alkyl halides is 4. The van der Waals surface area contributed by atoms with Gasteiger partial charge in [0, 0.05) is 18.9 Å². The Hall–Kier alpha value is -4.07. The molecule has 2 aromatic heterocycles. The van der Waals surface area contributed by atoms with Gasteiger partial charge < -0.3 is 15.4 Å². The number of nitrogens with one attached hydrogen (secondary N) is 2. The molecule has 47 heavy (non-hydrogen) atoms. The summed E-state index contributed by atoms with van der Waals surface area (Å²) in [6.45, 7) is 3.35. The molecule has 2 atom stereocenters. The fourth-order valence-electron chi connectivity index (χ4n) is 6.41. The van der Waals surface area contributed by atoms with Gasteiger partial charge in [-0.1, -0.05) is 12.1 Å². The van der Waals surface area contributed by atoms with Crippen molar-refractivity contribution < 1.29 is 36.7 Å². The van der Waals surface area contributed by atoms with Gasteiger partial charge in [-0.25, -0.2) is 31.9 Å². The molecule has 3 aliphatic rings. The average molecular weight is 659 g/mol. The zero-order chi connectivity index (χ0) is 33.7. The summed E-state index contributed by atoms with van der Waals surface area (Å²) < 4.78 is 65.4. The van der Waals surface area contributed by atoms with Crippen LogP contribution in [-0.4, -0.2) is 67.9 Å². The number of amides is 3. The molecule has 0 radical (unpaired) electrons. The number of carbonyl (C=O) groups is 3. The van der Waals surface area contributed by atoms with E-state index in [1.165, 1.54) is 16.6 Å². The second kappa shape index (κ2) is 12.2. The Labute approximate surface area is 269 Å².